The van der Waals surface area contributed by atoms with Crippen molar-refractivity contribution in [2.24, 2.45) is 0 Å². The minimum atomic E-state index is -0.919. The summed E-state index contributed by atoms with van der Waals surface area (Å²) < 4.78 is 0. The monoisotopic (exact) mass is 263 g/mol. The Morgan fingerprint density at radius 1 is 1.26 bits per heavy atom. The molecule has 2 atom stereocenters. The second kappa shape index (κ2) is 7.29. The van der Waals surface area contributed by atoms with Gasteiger partial charge in [-0.1, -0.05) is 38.1 Å². The molecule has 0 saturated heterocycles. The number of hydrogen-bond acceptors (Lipinski definition) is 2. The van der Waals surface area contributed by atoms with E-state index in [2.05, 4.69) is 38.1 Å². The second-order valence-electron chi connectivity index (χ2n) is 5.24. The van der Waals surface area contributed by atoms with E-state index in [1.807, 2.05) is 0 Å². The lowest BCUT2D eigenvalue weighted by Gasteiger charge is -2.18. The molecule has 106 valence electrons. The van der Waals surface area contributed by atoms with Crippen molar-refractivity contribution in [3.05, 3.63) is 35.4 Å². The number of nitrogens with zero attached hydrogens (tertiary/aromatic N) is 1. The van der Waals surface area contributed by atoms with Crippen molar-refractivity contribution < 1.29 is 9.90 Å². The van der Waals surface area contributed by atoms with Crippen molar-refractivity contribution in [3.8, 4) is 0 Å². The van der Waals surface area contributed by atoms with Gasteiger partial charge < -0.3 is 10.0 Å². The molecule has 0 bridgehead atoms. The van der Waals surface area contributed by atoms with Gasteiger partial charge in [-0.25, -0.2) is 0 Å². The Morgan fingerprint density at radius 3 is 2.32 bits per heavy atom. The average Bonchev–Trinajstić information content (AvgIpc) is 2.43. The quantitative estimate of drug-likeness (QED) is 0.857. The highest BCUT2D eigenvalue weighted by Crippen LogP contribution is 2.18. The summed E-state index contributed by atoms with van der Waals surface area (Å²) in [6.45, 7) is 6.55. The fourth-order valence-corrected chi connectivity index (χ4v) is 1.97. The topological polar surface area (TPSA) is 40.5 Å². The summed E-state index contributed by atoms with van der Waals surface area (Å²) in [7, 11) is 1.72. The van der Waals surface area contributed by atoms with Crippen LogP contribution in [0.3, 0.4) is 0 Å². The first kappa shape index (κ1) is 15.7. The SMILES string of the molecule is CCC(C)c1ccc(CCN(C)C(=O)C(C)O)cc1. The van der Waals surface area contributed by atoms with Gasteiger partial charge in [-0.3, -0.25) is 4.79 Å². The summed E-state index contributed by atoms with van der Waals surface area (Å²) in [5, 5.41) is 9.22. The molecule has 0 aliphatic heterocycles. The number of aliphatic hydroxyl groups is 1. The number of hydrogen-bond donors (Lipinski definition) is 1. The van der Waals surface area contributed by atoms with E-state index in [1.165, 1.54) is 18.1 Å². The molecule has 0 radical (unpaired) electrons. The molecule has 0 aliphatic rings. The first-order valence-corrected chi connectivity index (χ1v) is 6.97. The molecular weight excluding hydrogens is 238 g/mol. The van der Waals surface area contributed by atoms with Crippen molar-refractivity contribution >= 4 is 5.91 Å². The van der Waals surface area contributed by atoms with Gasteiger partial charge in [0.1, 0.15) is 6.10 Å². The van der Waals surface area contributed by atoms with E-state index in [-0.39, 0.29) is 5.91 Å². The molecule has 2 unspecified atom stereocenters. The average molecular weight is 263 g/mol. The Balaban J connectivity index is 2.52. The Hall–Kier alpha value is -1.35. The minimum absolute atomic E-state index is 0.226. The summed E-state index contributed by atoms with van der Waals surface area (Å²) in [5.41, 5.74) is 2.58. The highest BCUT2D eigenvalue weighted by molar-refractivity contribution is 5.79. The smallest absolute Gasteiger partial charge is 0.250 e. The van der Waals surface area contributed by atoms with Gasteiger partial charge in [-0.15, -0.1) is 0 Å². The molecule has 19 heavy (non-hydrogen) atoms. The molecule has 0 saturated carbocycles. The Morgan fingerprint density at radius 2 is 1.84 bits per heavy atom. The lowest BCUT2D eigenvalue weighted by Crippen LogP contribution is -2.35. The summed E-state index contributed by atoms with van der Waals surface area (Å²) in [6.07, 6.45) is 1.04. The van der Waals surface area contributed by atoms with Crippen LogP contribution in [0.4, 0.5) is 0 Å². The minimum Gasteiger partial charge on any atom is -0.384 e. The van der Waals surface area contributed by atoms with E-state index in [9.17, 15) is 9.90 Å². The number of aliphatic hydroxyl groups excluding tert-OH is 1. The number of carbonyl (C=O) groups excluding carboxylic acids is 1. The maximum absolute atomic E-state index is 11.5. The van der Waals surface area contributed by atoms with Crippen LogP contribution in [0.15, 0.2) is 24.3 Å². The first-order valence-electron chi connectivity index (χ1n) is 6.97. The zero-order chi connectivity index (χ0) is 14.4. The highest BCUT2D eigenvalue weighted by Gasteiger charge is 2.13. The third kappa shape index (κ3) is 4.67. The van der Waals surface area contributed by atoms with Gasteiger partial charge in [0, 0.05) is 13.6 Å². The van der Waals surface area contributed by atoms with E-state index in [1.54, 1.807) is 11.9 Å². The van der Waals surface area contributed by atoms with Crippen molar-refractivity contribution in [2.75, 3.05) is 13.6 Å². The number of benzene rings is 1. The molecule has 1 aromatic rings. The standard InChI is InChI=1S/C16H25NO2/c1-5-12(2)15-8-6-14(7-9-15)10-11-17(4)16(19)13(3)18/h6-9,12-13,18H,5,10-11H2,1-4H3. The molecule has 0 heterocycles. The van der Waals surface area contributed by atoms with Crippen LogP contribution in [-0.4, -0.2) is 35.6 Å². The molecule has 1 aromatic carbocycles. The van der Waals surface area contributed by atoms with Crippen LogP contribution in [0.25, 0.3) is 0 Å². The molecule has 0 fully saturated rings. The molecule has 0 aliphatic carbocycles. The van der Waals surface area contributed by atoms with E-state index < -0.39 is 6.10 Å². The molecule has 3 nitrogen and oxygen atoms in total. The third-order valence-electron chi connectivity index (χ3n) is 3.63. The Kier molecular flexibility index (Phi) is 6.03. The molecule has 1 amide bonds. The van der Waals surface area contributed by atoms with Crippen LogP contribution in [0.2, 0.25) is 0 Å². The van der Waals surface area contributed by atoms with Gasteiger partial charge in [0.15, 0.2) is 0 Å². The summed E-state index contributed by atoms with van der Waals surface area (Å²) in [6, 6.07) is 8.59. The van der Waals surface area contributed by atoms with Gasteiger partial charge in [-0.05, 0) is 36.8 Å². The van der Waals surface area contributed by atoms with Gasteiger partial charge in [0.05, 0.1) is 0 Å². The lowest BCUT2D eigenvalue weighted by atomic mass is 9.97. The third-order valence-corrected chi connectivity index (χ3v) is 3.63. The van der Waals surface area contributed by atoms with Crippen molar-refractivity contribution in [1.82, 2.24) is 4.90 Å². The Labute approximate surface area is 116 Å². The van der Waals surface area contributed by atoms with Crippen LogP contribution in [0.1, 0.15) is 44.2 Å². The first-order chi connectivity index (χ1) is 8.95. The van der Waals surface area contributed by atoms with Crippen molar-refractivity contribution in [1.29, 1.82) is 0 Å². The fourth-order valence-electron chi connectivity index (χ4n) is 1.97. The zero-order valence-corrected chi connectivity index (χ0v) is 12.4. The van der Waals surface area contributed by atoms with Crippen LogP contribution >= 0.6 is 0 Å². The number of likely N-dealkylation sites (N-methyl/N-ethyl adjacent to an activating group) is 1. The van der Waals surface area contributed by atoms with Crippen LogP contribution in [0, 0.1) is 0 Å². The van der Waals surface area contributed by atoms with Gasteiger partial charge in [0.2, 0.25) is 0 Å². The molecule has 0 aromatic heterocycles. The largest absolute Gasteiger partial charge is 0.384 e. The maximum atomic E-state index is 11.5. The lowest BCUT2D eigenvalue weighted by molar-refractivity contribution is -0.137. The van der Waals surface area contributed by atoms with E-state index >= 15 is 0 Å². The predicted molar refractivity (Wildman–Crippen MR) is 78.2 cm³/mol. The molecule has 1 rings (SSSR count). The van der Waals surface area contributed by atoms with Gasteiger partial charge >= 0.3 is 0 Å². The highest BCUT2D eigenvalue weighted by atomic mass is 16.3. The normalized spacial score (nSPS) is 13.9. The number of carbonyl (C=O) groups is 1. The van der Waals surface area contributed by atoms with Crippen molar-refractivity contribution in [2.45, 2.75) is 45.6 Å². The van der Waals surface area contributed by atoms with Crippen LogP contribution in [-0.2, 0) is 11.2 Å². The zero-order valence-electron chi connectivity index (χ0n) is 12.4. The fraction of sp³-hybridized carbons (Fsp3) is 0.562. The van der Waals surface area contributed by atoms with E-state index in [4.69, 9.17) is 0 Å². The number of rotatable bonds is 6. The predicted octanol–water partition coefficient (Wildman–Crippen LogP) is 2.58. The maximum Gasteiger partial charge on any atom is 0.250 e. The van der Waals surface area contributed by atoms with Crippen LogP contribution < -0.4 is 0 Å². The number of amides is 1. The molecule has 1 N–H and O–H groups in total. The molecular formula is C16H25NO2. The summed E-state index contributed by atoms with van der Waals surface area (Å²) in [4.78, 5) is 13.1. The molecule has 3 heteroatoms. The van der Waals surface area contributed by atoms with Gasteiger partial charge in [0.25, 0.3) is 5.91 Å². The van der Waals surface area contributed by atoms with Gasteiger partial charge in [-0.2, -0.15) is 0 Å². The summed E-state index contributed by atoms with van der Waals surface area (Å²) in [5.74, 6) is 0.366. The Bertz CT molecular complexity index is 398. The van der Waals surface area contributed by atoms with E-state index in [0.717, 1.165) is 12.8 Å². The van der Waals surface area contributed by atoms with Crippen LogP contribution in [0.5, 0.6) is 0 Å². The van der Waals surface area contributed by atoms with E-state index in [0.29, 0.717) is 12.5 Å². The summed E-state index contributed by atoms with van der Waals surface area (Å²) >= 11 is 0. The van der Waals surface area contributed by atoms with Crippen molar-refractivity contribution in [3.63, 3.8) is 0 Å². The second-order valence-corrected chi connectivity index (χ2v) is 5.24. The molecule has 0 spiro atoms.